The molecule has 0 saturated heterocycles. The summed E-state index contributed by atoms with van der Waals surface area (Å²) in [7, 11) is 0. The van der Waals surface area contributed by atoms with Crippen LogP contribution in [0.5, 0.6) is 0 Å². The third-order valence-electron chi connectivity index (χ3n) is 2.26. The number of rotatable bonds is 4. The molecule has 0 radical (unpaired) electrons. The lowest BCUT2D eigenvalue weighted by atomic mass is 10.2. The van der Waals surface area contributed by atoms with Crippen molar-refractivity contribution in [2.45, 2.75) is 19.9 Å². The van der Waals surface area contributed by atoms with E-state index in [0.29, 0.717) is 11.9 Å². The molecule has 0 saturated carbocycles. The maximum Gasteiger partial charge on any atom is 0.259 e. The van der Waals surface area contributed by atoms with Crippen LogP contribution in [0.25, 0.3) is 0 Å². The molecule has 5 heteroatoms. The normalized spacial score (nSPS) is 10.5. The largest absolute Gasteiger partial charge is 0.367 e. The smallest absolute Gasteiger partial charge is 0.259 e. The van der Waals surface area contributed by atoms with E-state index < -0.39 is 0 Å². The molecule has 0 spiro atoms. The van der Waals surface area contributed by atoms with E-state index in [4.69, 9.17) is 0 Å². The lowest BCUT2D eigenvalue weighted by Gasteiger charge is -2.25. The molecule has 0 aromatic carbocycles. The Morgan fingerprint density at radius 1 is 1.56 bits per heavy atom. The number of aromatic amines is 1. The number of pyridine rings is 1. The molecule has 16 heavy (non-hydrogen) atoms. The first-order valence-electron chi connectivity index (χ1n) is 5.12. The number of carbonyl (C=O) groups is 1. The van der Waals surface area contributed by atoms with Crippen molar-refractivity contribution in [2.75, 3.05) is 11.9 Å². The van der Waals surface area contributed by atoms with E-state index in [-0.39, 0.29) is 22.9 Å². The maximum absolute atomic E-state index is 12.1. The Morgan fingerprint density at radius 3 is 2.75 bits per heavy atom. The van der Waals surface area contributed by atoms with Crippen LogP contribution in [0.2, 0.25) is 0 Å². The molecule has 1 amide bonds. The predicted molar refractivity (Wildman–Crippen MR) is 67.0 cm³/mol. The van der Waals surface area contributed by atoms with E-state index in [0.717, 1.165) is 0 Å². The summed E-state index contributed by atoms with van der Waals surface area (Å²) in [5, 5.41) is 0.696. The first-order valence-corrected chi connectivity index (χ1v) is 6.24. The van der Waals surface area contributed by atoms with Crippen molar-refractivity contribution in [2.24, 2.45) is 0 Å². The maximum atomic E-state index is 12.1. The molecule has 0 fully saturated rings. The molecule has 0 atom stereocenters. The minimum Gasteiger partial charge on any atom is -0.367 e. The Labute approximate surface area is 103 Å². The Hall–Kier alpha value is -1.10. The second-order valence-electron chi connectivity index (χ2n) is 3.70. The third kappa shape index (κ3) is 2.95. The van der Waals surface area contributed by atoms with E-state index in [9.17, 15) is 9.59 Å². The number of carbonyl (C=O) groups excluding carboxylic acids is 1. The Kier molecular flexibility index (Phi) is 4.73. The molecule has 4 nitrogen and oxygen atoms in total. The number of hydrogen-bond acceptors (Lipinski definition) is 2. The van der Waals surface area contributed by atoms with Gasteiger partial charge in [0.1, 0.15) is 5.56 Å². The van der Waals surface area contributed by atoms with Gasteiger partial charge in [0.15, 0.2) is 5.43 Å². The number of nitrogens with zero attached hydrogens (tertiary/aromatic N) is 1. The zero-order chi connectivity index (χ0) is 12.1. The Bertz CT molecular complexity index is 414. The average molecular weight is 287 g/mol. The summed E-state index contributed by atoms with van der Waals surface area (Å²) in [5.41, 5.74) is -0.0545. The second kappa shape index (κ2) is 5.84. The van der Waals surface area contributed by atoms with Gasteiger partial charge in [0, 0.05) is 36.4 Å². The van der Waals surface area contributed by atoms with Gasteiger partial charge < -0.3 is 9.88 Å². The van der Waals surface area contributed by atoms with Gasteiger partial charge in [-0.3, -0.25) is 9.59 Å². The topological polar surface area (TPSA) is 53.2 Å². The summed E-state index contributed by atoms with van der Waals surface area (Å²) in [4.78, 5) is 28.0. The number of amides is 1. The standard InChI is InChI=1S/C11H15BrN2O2/c1-8(2)14(6-4-12)11(16)9-7-13-5-3-10(9)15/h3,5,7-8H,4,6H2,1-2H3,(H,13,15). The first kappa shape index (κ1) is 13.0. The van der Waals surface area contributed by atoms with Gasteiger partial charge in [-0.25, -0.2) is 0 Å². The van der Waals surface area contributed by atoms with E-state index >= 15 is 0 Å². The highest BCUT2D eigenvalue weighted by Crippen LogP contribution is 2.05. The highest BCUT2D eigenvalue weighted by Gasteiger charge is 2.19. The summed E-state index contributed by atoms with van der Waals surface area (Å²) in [6.07, 6.45) is 2.97. The zero-order valence-corrected chi connectivity index (χ0v) is 11.0. The van der Waals surface area contributed by atoms with Crippen molar-refractivity contribution < 1.29 is 4.79 Å². The number of hydrogen-bond donors (Lipinski definition) is 1. The van der Waals surface area contributed by atoms with Crippen LogP contribution in [-0.2, 0) is 0 Å². The molecule has 1 aromatic heterocycles. The minimum absolute atomic E-state index is 0.0738. The Balaban J connectivity index is 3.00. The summed E-state index contributed by atoms with van der Waals surface area (Å²) in [6.45, 7) is 4.44. The highest BCUT2D eigenvalue weighted by atomic mass is 79.9. The molecule has 1 heterocycles. The fourth-order valence-corrected chi connectivity index (χ4v) is 1.81. The number of aromatic nitrogens is 1. The van der Waals surface area contributed by atoms with Crippen molar-refractivity contribution in [1.29, 1.82) is 0 Å². The van der Waals surface area contributed by atoms with Crippen LogP contribution < -0.4 is 5.43 Å². The van der Waals surface area contributed by atoms with Gasteiger partial charge in [-0.2, -0.15) is 0 Å². The van der Waals surface area contributed by atoms with Crippen molar-refractivity contribution in [1.82, 2.24) is 9.88 Å². The monoisotopic (exact) mass is 286 g/mol. The SMILES string of the molecule is CC(C)N(CCBr)C(=O)c1c[nH]ccc1=O. The van der Waals surface area contributed by atoms with Crippen LogP contribution in [0.15, 0.2) is 23.3 Å². The predicted octanol–water partition coefficient (Wildman–Crippen LogP) is 1.62. The van der Waals surface area contributed by atoms with Crippen LogP contribution in [-0.4, -0.2) is 33.7 Å². The molecule has 1 aromatic rings. The van der Waals surface area contributed by atoms with Crippen LogP contribution in [0.3, 0.4) is 0 Å². The van der Waals surface area contributed by atoms with Gasteiger partial charge in [0.25, 0.3) is 5.91 Å². The summed E-state index contributed by atoms with van der Waals surface area (Å²) >= 11 is 3.30. The van der Waals surface area contributed by atoms with Crippen LogP contribution in [0, 0.1) is 0 Å². The van der Waals surface area contributed by atoms with Crippen molar-refractivity contribution in [3.8, 4) is 0 Å². The molecule has 1 rings (SSSR count). The van der Waals surface area contributed by atoms with Crippen molar-refractivity contribution in [3.63, 3.8) is 0 Å². The molecular weight excluding hydrogens is 272 g/mol. The molecule has 0 unspecified atom stereocenters. The number of nitrogens with one attached hydrogen (secondary N) is 1. The average Bonchev–Trinajstić information content (AvgIpc) is 2.25. The van der Waals surface area contributed by atoms with Gasteiger partial charge in [0.05, 0.1) is 0 Å². The minimum atomic E-state index is -0.246. The number of halogens is 1. The molecule has 0 aliphatic heterocycles. The van der Waals surface area contributed by atoms with Crippen molar-refractivity contribution >= 4 is 21.8 Å². The fourth-order valence-electron chi connectivity index (χ4n) is 1.42. The summed E-state index contributed by atoms with van der Waals surface area (Å²) in [5.74, 6) is -0.226. The first-order chi connectivity index (χ1) is 7.57. The summed E-state index contributed by atoms with van der Waals surface area (Å²) in [6, 6.07) is 1.43. The lowest BCUT2D eigenvalue weighted by Crippen LogP contribution is -2.40. The molecule has 0 aliphatic rings. The number of H-pyrrole nitrogens is 1. The molecule has 88 valence electrons. The highest BCUT2D eigenvalue weighted by molar-refractivity contribution is 9.09. The quantitative estimate of drug-likeness (QED) is 0.856. The van der Waals surface area contributed by atoms with Crippen LogP contribution in [0.4, 0.5) is 0 Å². The zero-order valence-electron chi connectivity index (χ0n) is 9.37. The van der Waals surface area contributed by atoms with E-state index in [1.165, 1.54) is 18.5 Å². The molecular formula is C11H15BrN2O2. The van der Waals surface area contributed by atoms with E-state index in [2.05, 4.69) is 20.9 Å². The van der Waals surface area contributed by atoms with Gasteiger partial charge in [-0.15, -0.1) is 0 Å². The summed E-state index contributed by atoms with van der Waals surface area (Å²) < 4.78 is 0. The molecule has 0 bridgehead atoms. The fraction of sp³-hybridized carbons (Fsp3) is 0.455. The molecule has 0 aliphatic carbocycles. The van der Waals surface area contributed by atoms with Gasteiger partial charge in [0.2, 0.25) is 0 Å². The lowest BCUT2D eigenvalue weighted by molar-refractivity contribution is 0.0717. The van der Waals surface area contributed by atoms with E-state index in [1.807, 2.05) is 13.8 Å². The second-order valence-corrected chi connectivity index (χ2v) is 4.50. The van der Waals surface area contributed by atoms with Gasteiger partial charge in [-0.05, 0) is 13.8 Å². The van der Waals surface area contributed by atoms with E-state index in [1.54, 1.807) is 4.90 Å². The number of alkyl halides is 1. The van der Waals surface area contributed by atoms with Crippen molar-refractivity contribution in [3.05, 3.63) is 34.2 Å². The van der Waals surface area contributed by atoms with Crippen LogP contribution in [0.1, 0.15) is 24.2 Å². The van der Waals surface area contributed by atoms with Gasteiger partial charge in [-0.1, -0.05) is 15.9 Å². The molecule has 1 N–H and O–H groups in total. The Morgan fingerprint density at radius 2 is 2.25 bits per heavy atom. The van der Waals surface area contributed by atoms with Gasteiger partial charge >= 0.3 is 0 Å². The third-order valence-corrected chi connectivity index (χ3v) is 2.62. The van der Waals surface area contributed by atoms with Crippen LogP contribution >= 0.6 is 15.9 Å².